The van der Waals surface area contributed by atoms with Crippen molar-refractivity contribution in [3.63, 3.8) is 0 Å². The van der Waals surface area contributed by atoms with E-state index < -0.39 is 0 Å². The summed E-state index contributed by atoms with van der Waals surface area (Å²) >= 11 is 0. The summed E-state index contributed by atoms with van der Waals surface area (Å²) < 4.78 is 0. The van der Waals surface area contributed by atoms with E-state index in [1.54, 1.807) is 0 Å². The molecule has 1 aliphatic carbocycles. The average molecular weight is 609 g/mol. The Labute approximate surface area is 275 Å². The smallest absolute Gasteiger partial charge is 0.164 e. The summed E-state index contributed by atoms with van der Waals surface area (Å²) in [6.45, 7) is 15.2. The third-order valence-electron chi connectivity index (χ3n) is 9.43. The molecule has 0 saturated heterocycles. The zero-order valence-corrected chi connectivity index (χ0v) is 28.7. The van der Waals surface area contributed by atoms with Gasteiger partial charge in [-0.05, 0) is 71.7 Å². The van der Waals surface area contributed by atoms with E-state index in [0.29, 0.717) is 5.82 Å². The fourth-order valence-corrected chi connectivity index (χ4v) is 6.87. The van der Waals surface area contributed by atoms with Crippen LogP contribution in [0.15, 0.2) is 91.1 Å². The maximum atomic E-state index is 4.99. The Kier molecular flexibility index (Phi) is 8.67. The molecule has 5 aromatic rings. The Morgan fingerprint density at radius 1 is 0.609 bits per heavy atom. The van der Waals surface area contributed by atoms with Crippen LogP contribution in [0.4, 0.5) is 0 Å². The highest BCUT2D eigenvalue weighted by Gasteiger charge is 2.42. The van der Waals surface area contributed by atoms with Gasteiger partial charge >= 0.3 is 0 Å². The van der Waals surface area contributed by atoms with Crippen molar-refractivity contribution in [1.29, 1.82) is 0 Å². The topological polar surface area (TPSA) is 51.6 Å². The summed E-state index contributed by atoms with van der Waals surface area (Å²) in [5, 5.41) is 0. The van der Waals surface area contributed by atoms with Gasteiger partial charge in [-0.2, -0.15) is 0 Å². The molecule has 1 aliphatic rings. The van der Waals surface area contributed by atoms with Crippen LogP contribution < -0.4 is 0 Å². The van der Waals surface area contributed by atoms with Crippen LogP contribution in [-0.2, 0) is 22.7 Å². The van der Waals surface area contributed by atoms with Crippen LogP contribution in [0.1, 0.15) is 109 Å². The molecule has 0 fully saturated rings. The van der Waals surface area contributed by atoms with Gasteiger partial charge in [-0.15, -0.1) is 0 Å². The van der Waals surface area contributed by atoms with Crippen molar-refractivity contribution < 1.29 is 0 Å². The number of aryl methyl sites for hydroxylation is 1. The summed E-state index contributed by atoms with van der Waals surface area (Å²) in [5.41, 5.74) is 9.81. The molecular weight excluding hydrogens is 560 g/mol. The van der Waals surface area contributed by atoms with Crippen LogP contribution >= 0.6 is 0 Å². The van der Waals surface area contributed by atoms with E-state index >= 15 is 0 Å². The van der Waals surface area contributed by atoms with Gasteiger partial charge in [0.1, 0.15) is 11.6 Å². The van der Waals surface area contributed by atoms with Crippen molar-refractivity contribution >= 4 is 0 Å². The highest BCUT2D eigenvalue weighted by Crippen LogP contribution is 2.54. The molecule has 6 rings (SSSR count). The van der Waals surface area contributed by atoms with Gasteiger partial charge in [0.05, 0.1) is 5.69 Å². The van der Waals surface area contributed by atoms with Gasteiger partial charge < -0.3 is 0 Å². The molecular formula is C42H48N4. The first kappa shape index (κ1) is 31.8. The summed E-state index contributed by atoms with van der Waals surface area (Å²) in [5.74, 6) is 2.30. The Hall–Kier alpha value is -4.18. The van der Waals surface area contributed by atoms with Gasteiger partial charge in [0, 0.05) is 33.6 Å². The molecule has 0 radical (unpaired) electrons. The van der Waals surface area contributed by atoms with E-state index in [1.165, 1.54) is 40.7 Å². The lowest BCUT2D eigenvalue weighted by Crippen LogP contribution is -2.25. The van der Waals surface area contributed by atoms with Crippen molar-refractivity contribution in [2.45, 2.75) is 103 Å². The number of hydrogen-bond acceptors (Lipinski definition) is 4. The molecule has 0 saturated carbocycles. The number of aromatic nitrogens is 4. The van der Waals surface area contributed by atoms with Crippen LogP contribution in [0.2, 0.25) is 0 Å². The second-order valence-corrected chi connectivity index (χ2v) is 15.1. The Morgan fingerprint density at radius 2 is 1.24 bits per heavy atom. The lowest BCUT2D eigenvalue weighted by molar-refractivity contribution is 0.417. The minimum absolute atomic E-state index is 0.00423. The lowest BCUT2D eigenvalue weighted by atomic mass is 9.70. The van der Waals surface area contributed by atoms with Crippen LogP contribution in [0.5, 0.6) is 0 Å². The minimum atomic E-state index is -0.182. The SMILES string of the molecule is CCCCC1(CCCc2ccccc2)c2ccccc2-c2ccc(-c3ccc(-c4nc(C(C)(C)C)nc(C(C)(C)C)n4)cn3)cc21. The van der Waals surface area contributed by atoms with E-state index in [9.17, 15) is 0 Å². The molecule has 0 bridgehead atoms. The molecule has 46 heavy (non-hydrogen) atoms. The first-order valence-corrected chi connectivity index (χ1v) is 17.0. The van der Waals surface area contributed by atoms with E-state index in [1.807, 2.05) is 6.20 Å². The van der Waals surface area contributed by atoms with Gasteiger partial charge in [-0.25, -0.2) is 15.0 Å². The number of unbranched alkanes of at least 4 members (excludes halogenated alkanes) is 1. The Balaban J connectivity index is 1.37. The first-order chi connectivity index (χ1) is 22.0. The number of fused-ring (bicyclic) bond motifs is 3. The molecule has 4 nitrogen and oxygen atoms in total. The van der Waals surface area contributed by atoms with Gasteiger partial charge in [0.2, 0.25) is 0 Å². The van der Waals surface area contributed by atoms with Gasteiger partial charge in [0.25, 0.3) is 0 Å². The standard InChI is InChI=1S/C42H48N4/c1-8-9-25-42(26-15-18-29-16-11-10-12-17-29)34-20-14-13-19-32(34)33-23-21-30(27-35(33)42)36-24-22-31(28-43-36)37-44-38(40(2,3)4)46-39(45-37)41(5,6)7/h10-14,16-17,19-24,27-28H,8-9,15,18,25-26H2,1-7H3. The second-order valence-electron chi connectivity index (χ2n) is 15.1. The van der Waals surface area contributed by atoms with Crippen molar-refractivity contribution in [1.82, 2.24) is 19.9 Å². The first-order valence-electron chi connectivity index (χ1n) is 17.0. The molecule has 0 spiro atoms. The van der Waals surface area contributed by atoms with Gasteiger partial charge in [-0.3, -0.25) is 4.98 Å². The summed E-state index contributed by atoms with van der Waals surface area (Å²) in [6.07, 6.45) is 8.85. The Morgan fingerprint density at radius 3 is 1.89 bits per heavy atom. The molecule has 3 aromatic carbocycles. The number of nitrogens with zero attached hydrogens (tertiary/aromatic N) is 4. The van der Waals surface area contributed by atoms with Gasteiger partial charge in [0.15, 0.2) is 5.82 Å². The van der Waals surface area contributed by atoms with Gasteiger partial charge in [-0.1, -0.05) is 128 Å². The quantitative estimate of drug-likeness (QED) is 0.167. The molecule has 2 heterocycles. The zero-order chi connectivity index (χ0) is 32.5. The summed E-state index contributed by atoms with van der Waals surface area (Å²) in [6, 6.07) is 31.3. The normalized spacial score (nSPS) is 15.9. The summed E-state index contributed by atoms with van der Waals surface area (Å²) in [7, 11) is 0. The maximum Gasteiger partial charge on any atom is 0.164 e. The molecule has 1 atom stereocenters. The minimum Gasteiger partial charge on any atom is -0.255 e. The predicted molar refractivity (Wildman–Crippen MR) is 191 cm³/mol. The number of pyridine rings is 1. The largest absolute Gasteiger partial charge is 0.255 e. The fourth-order valence-electron chi connectivity index (χ4n) is 6.87. The highest BCUT2D eigenvalue weighted by atomic mass is 15.1. The number of benzene rings is 3. The molecule has 2 aromatic heterocycles. The molecule has 4 heteroatoms. The van der Waals surface area contributed by atoms with E-state index in [2.05, 4.69) is 133 Å². The summed E-state index contributed by atoms with van der Waals surface area (Å²) in [4.78, 5) is 19.6. The van der Waals surface area contributed by atoms with E-state index in [4.69, 9.17) is 19.9 Å². The van der Waals surface area contributed by atoms with Crippen molar-refractivity contribution in [2.24, 2.45) is 0 Å². The molecule has 0 amide bonds. The van der Waals surface area contributed by atoms with Crippen molar-refractivity contribution in [3.05, 3.63) is 119 Å². The zero-order valence-electron chi connectivity index (χ0n) is 28.7. The highest BCUT2D eigenvalue weighted by molar-refractivity contribution is 5.83. The van der Waals surface area contributed by atoms with Crippen LogP contribution in [0.25, 0.3) is 33.8 Å². The monoisotopic (exact) mass is 608 g/mol. The Bertz CT molecular complexity index is 1780. The van der Waals surface area contributed by atoms with Crippen LogP contribution in [0.3, 0.4) is 0 Å². The predicted octanol–water partition coefficient (Wildman–Crippen LogP) is 10.7. The second kappa shape index (κ2) is 12.5. The van der Waals surface area contributed by atoms with Crippen molar-refractivity contribution in [2.75, 3.05) is 0 Å². The maximum absolute atomic E-state index is 4.99. The average Bonchev–Trinajstić information content (AvgIpc) is 3.32. The third-order valence-corrected chi connectivity index (χ3v) is 9.43. The molecule has 0 N–H and O–H groups in total. The number of rotatable bonds is 9. The number of hydrogen-bond donors (Lipinski definition) is 0. The van der Waals surface area contributed by atoms with Crippen LogP contribution in [-0.4, -0.2) is 19.9 Å². The molecule has 1 unspecified atom stereocenters. The van der Waals surface area contributed by atoms with Crippen LogP contribution in [0, 0.1) is 0 Å². The molecule has 236 valence electrons. The fraction of sp³-hybridized carbons (Fsp3) is 0.381. The molecule has 0 aliphatic heterocycles. The lowest BCUT2D eigenvalue weighted by Gasteiger charge is -2.33. The van der Waals surface area contributed by atoms with Crippen molar-refractivity contribution in [3.8, 4) is 33.8 Å². The third kappa shape index (κ3) is 6.27. The van der Waals surface area contributed by atoms with E-state index in [0.717, 1.165) is 54.2 Å². The van der Waals surface area contributed by atoms with E-state index in [-0.39, 0.29) is 16.2 Å².